The normalized spacial score (nSPS) is 18.4. The molecule has 3 rings (SSSR count). The number of aromatic amines is 1. The van der Waals surface area contributed by atoms with Crippen LogP contribution < -0.4 is 16.8 Å². The number of nitrogens with one attached hydrogen (secondary N) is 3. The Balaban J connectivity index is 2.25. The molecule has 1 unspecified atom stereocenters. The number of rotatable bonds is 10. The molecule has 0 saturated heterocycles. The highest BCUT2D eigenvalue weighted by Crippen LogP contribution is 2.39. The van der Waals surface area contributed by atoms with Gasteiger partial charge in [0.15, 0.2) is 0 Å². The van der Waals surface area contributed by atoms with E-state index in [2.05, 4.69) is 10.3 Å². The summed E-state index contributed by atoms with van der Waals surface area (Å²) in [6, 6.07) is 3.20. The molecule has 0 spiro atoms. The topological polar surface area (TPSA) is 133 Å². The number of amides is 1. The van der Waals surface area contributed by atoms with Gasteiger partial charge in [-0.2, -0.15) is 0 Å². The fourth-order valence-electron chi connectivity index (χ4n) is 4.86. The minimum atomic E-state index is -2.67. The van der Waals surface area contributed by atoms with Gasteiger partial charge < -0.3 is 27.2 Å². The number of nitrogen functional groups attached to an aromatic ring is 1. The van der Waals surface area contributed by atoms with Crippen molar-refractivity contribution in [2.24, 2.45) is 10.7 Å². The number of hydrogen-bond acceptors (Lipinski definition) is 5. The highest BCUT2D eigenvalue weighted by molar-refractivity contribution is 6.12. The number of nitrogens with zero attached hydrogens (tertiary/aromatic N) is 1. The third-order valence-electron chi connectivity index (χ3n) is 7.56. The van der Waals surface area contributed by atoms with Crippen LogP contribution in [0.25, 0.3) is 10.9 Å². The monoisotopic (exact) mass is 556 g/mol. The minimum Gasteiger partial charge on any atom is -0.398 e. The number of aromatic nitrogens is 1. The molecule has 216 valence electrons. The van der Waals surface area contributed by atoms with Crippen molar-refractivity contribution in [3.05, 3.63) is 58.2 Å². The van der Waals surface area contributed by atoms with Crippen LogP contribution in [-0.4, -0.2) is 34.8 Å². The van der Waals surface area contributed by atoms with Gasteiger partial charge in [-0.1, -0.05) is 13.0 Å². The standard InChI is InChI=1S/C30H39F3N6O/c1-6-16(3)26(38-20-10-12-30(32,33)13-11-20)21(14-19(31)7-2)18(5)37-28-25-22(15-34)23(35)8-9-24(25)39-27(28)17(4)29(36)40/h7-9,14-15,17,20,34,38-39H,6,10-13,35H2,1-5H3,(H2,36,40)/b19-7+,21-14-,26-16-,34-15?,37-18?. The van der Waals surface area contributed by atoms with Crippen molar-refractivity contribution in [1.29, 1.82) is 5.41 Å². The molecule has 0 bridgehead atoms. The van der Waals surface area contributed by atoms with Crippen molar-refractivity contribution in [3.8, 4) is 0 Å². The fourth-order valence-corrected chi connectivity index (χ4v) is 4.86. The number of benzene rings is 1. The molecule has 1 aliphatic carbocycles. The number of hydrogen-bond donors (Lipinski definition) is 5. The predicted octanol–water partition coefficient (Wildman–Crippen LogP) is 7.08. The summed E-state index contributed by atoms with van der Waals surface area (Å²) in [7, 11) is 0. The van der Waals surface area contributed by atoms with Crippen LogP contribution in [0.1, 0.15) is 83.9 Å². The van der Waals surface area contributed by atoms with Gasteiger partial charge in [0.05, 0.1) is 17.3 Å². The smallest absolute Gasteiger partial charge is 0.248 e. The molecule has 1 saturated carbocycles. The molecule has 7 nitrogen and oxygen atoms in total. The first-order valence-electron chi connectivity index (χ1n) is 13.5. The maximum absolute atomic E-state index is 14.8. The first kappa shape index (κ1) is 30.7. The van der Waals surface area contributed by atoms with Crippen molar-refractivity contribution >= 4 is 40.1 Å². The van der Waals surface area contributed by atoms with Gasteiger partial charge in [-0.25, -0.2) is 13.2 Å². The maximum atomic E-state index is 14.8. The lowest BCUT2D eigenvalue weighted by Crippen LogP contribution is -2.38. The molecule has 1 aliphatic rings. The highest BCUT2D eigenvalue weighted by Gasteiger charge is 2.35. The summed E-state index contributed by atoms with van der Waals surface area (Å²) in [5, 5.41) is 11.9. The summed E-state index contributed by atoms with van der Waals surface area (Å²) in [6.07, 6.45) is 4.61. The number of halogens is 3. The Kier molecular flexibility index (Phi) is 9.65. The van der Waals surface area contributed by atoms with Crippen LogP contribution in [0.4, 0.5) is 24.5 Å². The van der Waals surface area contributed by atoms with Crippen LogP contribution in [0, 0.1) is 5.41 Å². The molecule has 40 heavy (non-hydrogen) atoms. The molecule has 1 atom stereocenters. The van der Waals surface area contributed by atoms with E-state index in [4.69, 9.17) is 21.9 Å². The second-order valence-electron chi connectivity index (χ2n) is 10.4. The van der Waals surface area contributed by atoms with Gasteiger partial charge in [-0.3, -0.25) is 9.79 Å². The van der Waals surface area contributed by atoms with E-state index in [0.29, 0.717) is 56.9 Å². The maximum Gasteiger partial charge on any atom is 0.248 e. The predicted molar refractivity (Wildman–Crippen MR) is 157 cm³/mol. The largest absolute Gasteiger partial charge is 0.398 e. The molecule has 1 amide bonds. The van der Waals surface area contributed by atoms with Crippen LogP contribution >= 0.6 is 0 Å². The second kappa shape index (κ2) is 12.6. The van der Waals surface area contributed by atoms with Crippen molar-refractivity contribution in [3.63, 3.8) is 0 Å². The average molecular weight is 557 g/mol. The minimum absolute atomic E-state index is 0.205. The lowest BCUT2D eigenvalue weighted by molar-refractivity contribution is -0.119. The first-order chi connectivity index (χ1) is 18.8. The van der Waals surface area contributed by atoms with E-state index in [0.717, 1.165) is 11.8 Å². The van der Waals surface area contributed by atoms with E-state index < -0.39 is 23.6 Å². The summed E-state index contributed by atoms with van der Waals surface area (Å²) in [4.78, 5) is 20.3. The van der Waals surface area contributed by atoms with Crippen molar-refractivity contribution < 1.29 is 18.0 Å². The Morgan fingerprint density at radius 3 is 2.50 bits per heavy atom. The molecule has 7 N–H and O–H groups in total. The van der Waals surface area contributed by atoms with E-state index in [1.165, 1.54) is 12.2 Å². The third-order valence-corrected chi connectivity index (χ3v) is 7.56. The molecular formula is C30H39F3N6O. The van der Waals surface area contributed by atoms with E-state index in [9.17, 15) is 18.0 Å². The Hall–Kier alpha value is -3.82. The Bertz CT molecular complexity index is 1410. The van der Waals surface area contributed by atoms with Crippen LogP contribution in [0.15, 0.2) is 51.9 Å². The lowest BCUT2D eigenvalue weighted by atomic mass is 9.90. The quantitative estimate of drug-likeness (QED) is 0.122. The summed E-state index contributed by atoms with van der Waals surface area (Å²) in [5.74, 6) is -4.48. The summed E-state index contributed by atoms with van der Waals surface area (Å²) >= 11 is 0. The van der Waals surface area contributed by atoms with Gasteiger partial charge in [0.25, 0.3) is 0 Å². The van der Waals surface area contributed by atoms with Gasteiger partial charge in [0, 0.05) is 64.2 Å². The summed E-state index contributed by atoms with van der Waals surface area (Å²) < 4.78 is 42.5. The van der Waals surface area contributed by atoms with Gasteiger partial charge in [-0.05, 0) is 70.7 Å². The van der Waals surface area contributed by atoms with E-state index in [-0.39, 0.29) is 31.7 Å². The zero-order valence-corrected chi connectivity index (χ0v) is 23.7. The molecule has 1 aromatic heterocycles. The van der Waals surface area contributed by atoms with Crippen molar-refractivity contribution in [2.45, 2.75) is 84.6 Å². The zero-order chi connectivity index (χ0) is 29.8. The van der Waals surface area contributed by atoms with Gasteiger partial charge >= 0.3 is 0 Å². The number of carbonyl (C=O) groups is 1. The Morgan fingerprint density at radius 1 is 1.30 bits per heavy atom. The highest BCUT2D eigenvalue weighted by atomic mass is 19.3. The first-order valence-corrected chi connectivity index (χ1v) is 13.5. The van der Waals surface area contributed by atoms with Crippen LogP contribution in [0.3, 0.4) is 0 Å². The van der Waals surface area contributed by atoms with Gasteiger partial charge in [-0.15, -0.1) is 0 Å². The van der Waals surface area contributed by atoms with Crippen molar-refractivity contribution in [1.82, 2.24) is 10.3 Å². The van der Waals surface area contributed by atoms with Gasteiger partial charge in [0.2, 0.25) is 11.8 Å². The number of anilines is 1. The van der Waals surface area contributed by atoms with E-state index in [1.54, 1.807) is 32.9 Å². The van der Waals surface area contributed by atoms with Crippen molar-refractivity contribution in [2.75, 3.05) is 5.73 Å². The molecule has 1 heterocycles. The SMILES string of the molecule is C\C=C(F)/C=C(C(C)=Nc1c(C(C)C(N)=O)[nH]c2ccc(N)c(C=N)c12)\C(NC1CCC(F)(F)CC1)=C(/C)CC. The van der Waals surface area contributed by atoms with Crippen LogP contribution in [0.2, 0.25) is 0 Å². The summed E-state index contributed by atoms with van der Waals surface area (Å²) in [6.45, 7) is 8.83. The molecule has 0 aliphatic heterocycles. The van der Waals surface area contributed by atoms with E-state index >= 15 is 0 Å². The average Bonchev–Trinajstić information content (AvgIpc) is 3.28. The molecular weight excluding hydrogens is 517 g/mol. The number of aliphatic imine (C=N–C) groups is 1. The molecule has 1 fully saturated rings. The Labute approximate surface area is 233 Å². The number of primary amides is 1. The van der Waals surface area contributed by atoms with Crippen LogP contribution in [0.5, 0.6) is 0 Å². The lowest BCUT2D eigenvalue weighted by Gasteiger charge is -2.31. The molecule has 0 radical (unpaired) electrons. The number of allylic oxidation sites excluding steroid dienone is 5. The number of fused-ring (bicyclic) bond motifs is 1. The number of H-pyrrole nitrogens is 1. The van der Waals surface area contributed by atoms with E-state index in [1.807, 2.05) is 13.8 Å². The number of alkyl halides is 2. The number of carbonyl (C=O) groups excluding carboxylic acids is 1. The molecule has 10 heteroatoms. The number of nitrogens with two attached hydrogens (primary N) is 2. The molecule has 1 aromatic carbocycles. The summed E-state index contributed by atoms with van der Waals surface area (Å²) in [5.41, 5.74) is 16.5. The third kappa shape index (κ3) is 6.66. The van der Waals surface area contributed by atoms with Crippen LogP contribution in [-0.2, 0) is 4.79 Å². The second-order valence-corrected chi connectivity index (χ2v) is 10.4. The molecule has 2 aromatic rings. The fraction of sp³-hybridized carbons (Fsp3) is 0.433. The Morgan fingerprint density at radius 2 is 1.95 bits per heavy atom. The zero-order valence-electron chi connectivity index (χ0n) is 23.7. The van der Waals surface area contributed by atoms with Gasteiger partial charge in [0.1, 0.15) is 5.83 Å².